The second kappa shape index (κ2) is 7.12. The van der Waals surface area contributed by atoms with Crippen molar-refractivity contribution in [2.75, 3.05) is 13.1 Å². The molecule has 0 aliphatic carbocycles. The normalized spacial score (nSPS) is 13.8. The number of benzene rings is 1. The minimum Gasteiger partial charge on any atom is -0.338 e. The lowest BCUT2D eigenvalue weighted by atomic mass is 9.99. The van der Waals surface area contributed by atoms with Crippen LogP contribution in [0.5, 0.6) is 0 Å². The number of nitrogens with two attached hydrogens (primary N) is 1. The first-order valence-corrected chi connectivity index (χ1v) is 6.76. The molecule has 1 aliphatic heterocycles. The summed E-state index contributed by atoms with van der Waals surface area (Å²) in [4.78, 5) is 13.8. The van der Waals surface area contributed by atoms with Crippen molar-refractivity contribution in [1.82, 2.24) is 4.90 Å². The van der Waals surface area contributed by atoms with Gasteiger partial charge in [0.25, 0.3) is 0 Å². The minimum atomic E-state index is 0. The van der Waals surface area contributed by atoms with Gasteiger partial charge in [0.2, 0.25) is 5.91 Å². The van der Waals surface area contributed by atoms with Crippen LogP contribution in [-0.4, -0.2) is 23.9 Å². The Kier molecular flexibility index (Phi) is 6.12. The maximum absolute atomic E-state index is 11.9. The van der Waals surface area contributed by atoms with Crippen molar-refractivity contribution < 1.29 is 4.79 Å². The number of amides is 1. The Morgan fingerprint density at radius 3 is 2.94 bits per heavy atom. The van der Waals surface area contributed by atoms with Gasteiger partial charge in [-0.15, -0.1) is 12.4 Å². The Balaban J connectivity index is 0.00000162. The molecule has 3 nitrogen and oxygen atoms in total. The summed E-state index contributed by atoms with van der Waals surface area (Å²) in [7, 11) is 0. The van der Waals surface area contributed by atoms with E-state index in [1.807, 2.05) is 11.0 Å². The van der Waals surface area contributed by atoms with Gasteiger partial charge in [0, 0.05) is 24.0 Å². The van der Waals surface area contributed by atoms with Crippen molar-refractivity contribution in [2.24, 2.45) is 5.73 Å². The maximum atomic E-state index is 11.9. The van der Waals surface area contributed by atoms with Crippen molar-refractivity contribution in [3.63, 3.8) is 0 Å². The first kappa shape index (κ1) is 15.5. The zero-order valence-corrected chi connectivity index (χ0v) is 12.6. The molecule has 1 aromatic carbocycles. The Morgan fingerprint density at radius 1 is 1.44 bits per heavy atom. The largest absolute Gasteiger partial charge is 0.338 e. The van der Waals surface area contributed by atoms with Crippen LogP contribution in [0.4, 0.5) is 0 Å². The average molecular weight is 334 g/mol. The molecule has 0 unspecified atom stereocenters. The van der Waals surface area contributed by atoms with Gasteiger partial charge in [-0.3, -0.25) is 4.79 Å². The fourth-order valence-corrected chi connectivity index (χ4v) is 2.79. The molecule has 1 aromatic rings. The van der Waals surface area contributed by atoms with Crippen LogP contribution < -0.4 is 5.73 Å². The van der Waals surface area contributed by atoms with Gasteiger partial charge >= 0.3 is 0 Å². The predicted molar refractivity (Wildman–Crippen MR) is 78.8 cm³/mol. The molecule has 0 saturated carbocycles. The molecule has 0 aromatic heterocycles. The van der Waals surface area contributed by atoms with Crippen LogP contribution in [0.1, 0.15) is 24.0 Å². The van der Waals surface area contributed by atoms with E-state index in [4.69, 9.17) is 5.73 Å². The summed E-state index contributed by atoms with van der Waals surface area (Å²) in [6, 6.07) is 6.18. The van der Waals surface area contributed by atoms with E-state index in [1.54, 1.807) is 0 Å². The van der Waals surface area contributed by atoms with Crippen molar-refractivity contribution in [2.45, 2.75) is 25.8 Å². The topological polar surface area (TPSA) is 46.3 Å². The summed E-state index contributed by atoms with van der Waals surface area (Å²) >= 11 is 3.56. The molecule has 100 valence electrons. The number of hydrogen-bond donors (Lipinski definition) is 1. The highest BCUT2D eigenvalue weighted by atomic mass is 79.9. The lowest BCUT2D eigenvalue weighted by Gasteiger charge is -2.29. The lowest BCUT2D eigenvalue weighted by Crippen LogP contribution is -2.36. The molecular formula is C13H18BrClN2O. The first-order valence-electron chi connectivity index (χ1n) is 5.96. The summed E-state index contributed by atoms with van der Waals surface area (Å²) in [5.74, 6) is 0.223. The van der Waals surface area contributed by atoms with Crippen LogP contribution in [0, 0.1) is 0 Å². The van der Waals surface area contributed by atoms with Crippen LogP contribution in [0.2, 0.25) is 0 Å². The van der Waals surface area contributed by atoms with Gasteiger partial charge in [-0.05, 0) is 36.6 Å². The Hall–Kier alpha value is -0.580. The molecular weight excluding hydrogens is 316 g/mol. The monoisotopic (exact) mass is 332 g/mol. The number of halogens is 2. The van der Waals surface area contributed by atoms with Crippen molar-refractivity contribution in [3.8, 4) is 0 Å². The smallest absolute Gasteiger partial charge is 0.222 e. The predicted octanol–water partition coefficient (Wildman–Crippen LogP) is 2.49. The van der Waals surface area contributed by atoms with E-state index >= 15 is 0 Å². The molecule has 0 fully saturated rings. The van der Waals surface area contributed by atoms with E-state index in [2.05, 4.69) is 28.1 Å². The second-order valence-corrected chi connectivity index (χ2v) is 5.19. The molecule has 0 spiro atoms. The summed E-state index contributed by atoms with van der Waals surface area (Å²) in [6.45, 7) is 2.14. The molecule has 2 N–H and O–H groups in total. The van der Waals surface area contributed by atoms with E-state index in [0.29, 0.717) is 13.0 Å². The molecule has 1 amide bonds. The molecule has 0 atom stereocenters. The zero-order valence-electron chi connectivity index (χ0n) is 10.2. The van der Waals surface area contributed by atoms with Gasteiger partial charge in [-0.1, -0.05) is 28.1 Å². The number of fused-ring (bicyclic) bond motifs is 1. The van der Waals surface area contributed by atoms with Gasteiger partial charge in [0.05, 0.1) is 0 Å². The van der Waals surface area contributed by atoms with E-state index in [0.717, 1.165) is 30.4 Å². The first-order chi connectivity index (χ1) is 8.22. The van der Waals surface area contributed by atoms with E-state index < -0.39 is 0 Å². The van der Waals surface area contributed by atoms with Gasteiger partial charge in [0.1, 0.15) is 0 Å². The third-order valence-electron chi connectivity index (χ3n) is 3.16. The number of hydrogen-bond acceptors (Lipinski definition) is 2. The average Bonchev–Trinajstić information content (AvgIpc) is 2.36. The van der Waals surface area contributed by atoms with Crippen molar-refractivity contribution >= 4 is 34.2 Å². The van der Waals surface area contributed by atoms with Crippen LogP contribution in [0.25, 0.3) is 0 Å². The number of carbonyl (C=O) groups excluding carboxylic acids is 1. The Morgan fingerprint density at radius 2 is 2.22 bits per heavy atom. The summed E-state index contributed by atoms with van der Waals surface area (Å²) in [5, 5.41) is 0. The molecule has 0 radical (unpaired) electrons. The molecule has 1 aliphatic rings. The zero-order chi connectivity index (χ0) is 12.3. The van der Waals surface area contributed by atoms with E-state index in [9.17, 15) is 4.79 Å². The van der Waals surface area contributed by atoms with Crippen LogP contribution in [-0.2, 0) is 17.8 Å². The minimum absolute atomic E-state index is 0. The fraction of sp³-hybridized carbons (Fsp3) is 0.462. The lowest BCUT2D eigenvalue weighted by molar-refractivity contribution is -0.132. The van der Waals surface area contributed by atoms with Gasteiger partial charge in [-0.2, -0.15) is 0 Å². The molecule has 0 bridgehead atoms. The van der Waals surface area contributed by atoms with Crippen LogP contribution >= 0.6 is 28.3 Å². The Labute approximate surface area is 122 Å². The standard InChI is InChI=1S/C13H17BrN2O.ClH/c14-12-4-1-3-10-9-16(8-6-11(10)12)13(17)5-2-7-15;/h1,3-4H,2,5-9,15H2;1H. The van der Waals surface area contributed by atoms with E-state index in [-0.39, 0.29) is 18.3 Å². The second-order valence-electron chi connectivity index (χ2n) is 4.34. The van der Waals surface area contributed by atoms with Crippen LogP contribution in [0.15, 0.2) is 22.7 Å². The van der Waals surface area contributed by atoms with Gasteiger partial charge < -0.3 is 10.6 Å². The SMILES string of the molecule is Cl.NCCCC(=O)N1CCc2c(Br)cccc2C1. The third kappa shape index (κ3) is 3.46. The molecule has 1 heterocycles. The summed E-state index contributed by atoms with van der Waals surface area (Å²) in [5.41, 5.74) is 8.03. The number of carbonyl (C=O) groups is 1. The van der Waals surface area contributed by atoms with Gasteiger partial charge in [-0.25, -0.2) is 0 Å². The number of rotatable bonds is 3. The Bertz CT molecular complexity index is 425. The quantitative estimate of drug-likeness (QED) is 0.924. The third-order valence-corrected chi connectivity index (χ3v) is 3.90. The van der Waals surface area contributed by atoms with Crippen molar-refractivity contribution in [3.05, 3.63) is 33.8 Å². The van der Waals surface area contributed by atoms with Gasteiger partial charge in [0.15, 0.2) is 0 Å². The molecule has 18 heavy (non-hydrogen) atoms. The fourth-order valence-electron chi connectivity index (χ4n) is 2.19. The molecule has 5 heteroatoms. The highest BCUT2D eigenvalue weighted by Gasteiger charge is 2.21. The summed E-state index contributed by atoms with van der Waals surface area (Å²) < 4.78 is 1.16. The van der Waals surface area contributed by atoms with Crippen molar-refractivity contribution in [1.29, 1.82) is 0 Å². The maximum Gasteiger partial charge on any atom is 0.222 e. The number of nitrogens with zero attached hydrogens (tertiary/aromatic N) is 1. The molecule has 2 rings (SSSR count). The van der Waals surface area contributed by atoms with E-state index in [1.165, 1.54) is 11.1 Å². The highest BCUT2D eigenvalue weighted by molar-refractivity contribution is 9.10. The molecule has 0 saturated heterocycles. The summed E-state index contributed by atoms with van der Waals surface area (Å²) in [6.07, 6.45) is 2.28. The highest BCUT2D eigenvalue weighted by Crippen LogP contribution is 2.26. The van der Waals surface area contributed by atoms with Crippen LogP contribution in [0.3, 0.4) is 0 Å².